The first kappa shape index (κ1) is 18.9. The highest BCUT2D eigenvalue weighted by atomic mass is 79.9. The molecule has 0 atom stereocenters. The van der Waals surface area contributed by atoms with Crippen molar-refractivity contribution in [1.29, 1.82) is 0 Å². The Bertz CT molecular complexity index is 1440. The molecule has 0 saturated carbocycles. The van der Waals surface area contributed by atoms with E-state index in [4.69, 9.17) is 8.92 Å². The number of methoxy groups -OCH3 is 1. The third-order valence-corrected chi connectivity index (χ3v) is 5.96. The minimum Gasteiger partial charge on any atom is -0.493 e. The van der Waals surface area contributed by atoms with Crippen LogP contribution in [-0.2, 0) is 10.1 Å². The van der Waals surface area contributed by atoms with Gasteiger partial charge in [0, 0.05) is 0 Å². The predicted octanol–water partition coefficient (Wildman–Crippen LogP) is 2.57. The fraction of sp³-hybridized carbons (Fsp3) is 0.111. The van der Waals surface area contributed by atoms with Crippen LogP contribution in [0.15, 0.2) is 45.7 Å². The molecular formula is C18H13BrN2O5S2. The third-order valence-electron chi connectivity index (χ3n) is 3.93. The normalized spacial score (nSPS) is 12.8. The second-order valence-electron chi connectivity index (χ2n) is 5.96. The highest BCUT2D eigenvalue weighted by molar-refractivity contribution is 9.10. The van der Waals surface area contributed by atoms with Gasteiger partial charge >= 0.3 is 10.1 Å². The van der Waals surface area contributed by atoms with Crippen LogP contribution in [0.25, 0.3) is 22.1 Å². The van der Waals surface area contributed by atoms with E-state index in [1.165, 1.54) is 18.4 Å². The molecule has 144 valence electrons. The molecule has 0 saturated heterocycles. The lowest BCUT2D eigenvalue weighted by Gasteiger charge is -2.11. The highest BCUT2D eigenvalue weighted by Crippen LogP contribution is 2.37. The molecule has 2 aromatic carbocycles. The molecule has 0 fully saturated rings. The average Bonchev–Trinajstić information content (AvgIpc) is 3.13. The largest absolute Gasteiger partial charge is 0.493 e. The molecule has 10 heteroatoms. The molecule has 7 nitrogen and oxygen atoms in total. The summed E-state index contributed by atoms with van der Waals surface area (Å²) >= 11 is 4.58. The van der Waals surface area contributed by atoms with Gasteiger partial charge in [0.15, 0.2) is 16.5 Å². The summed E-state index contributed by atoms with van der Waals surface area (Å²) in [6.07, 6.45) is 2.66. The summed E-state index contributed by atoms with van der Waals surface area (Å²) in [6, 6.07) is 10.7. The van der Waals surface area contributed by atoms with Crippen LogP contribution >= 0.6 is 27.3 Å². The van der Waals surface area contributed by atoms with E-state index in [1.54, 1.807) is 22.6 Å². The van der Waals surface area contributed by atoms with Crippen molar-refractivity contribution in [3.63, 3.8) is 0 Å². The Hall–Kier alpha value is -2.43. The molecule has 0 spiro atoms. The SMILES string of the molecule is COc1cc(/C=c2\sc3nc4ccccc4n3c2=O)cc(Br)c1OS(C)(=O)=O. The number of halogens is 1. The molecule has 0 N–H and O–H groups in total. The number of para-hydroxylation sites is 2. The Morgan fingerprint density at radius 2 is 2.00 bits per heavy atom. The molecule has 0 aliphatic rings. The number of hydrogen-bond acceptors (Lipinski definition) is 7. The highest BCUT2D eigenvalue weighted by Gasteiger charge is 2.16. The van der Waals surface area contributed by atoms with Crippen LogP contribution in [0.4, 0.5) is 0 Å². The molecule has 4 aromatic rings. The van der Waals surface area contributed by atoms with Crippen LogP contribution in [0, 0.1) is 0 Å². The molecule has 0 radical (unpaired) electrons. The van der Waals surface area contributed by atoms with E-state index in [2.05, 4.69) is 20.9 Å². The Labute approximate surface area is 172 Å². The van der Waals surface area contributed by atoms with Crippen molar-refractivity contribution >= 4 is 59.5 Å². The number of benzene rings is 2. The molecule has 4 rings (SSSR count). The predicted molar refractivity (Wildman–Crippen MR) is 112 cm³/mol. The number of nitrogens with zero attached hydrogens (tertiary/aromatic N) is 2. The third kappa shape index (κ3) is 3.38. The Kier molecular flexibility index (Phi) is 4.64. The topological polar surface area (TPSA) is 87.0 Å². The maximum Gasteiger partial charge on any atom is 0.306 e. The van der Waals surface area contributed by atoms with Crippen LogP contribution in [-0.4, -0.2) is 31.2 Å². The Morgan fingerprint density at radius 1 is 1.25 bits per heavy atom. The lowest BCUT2D eigenvalue weighted by Crippen LogP contribution is -2.22. The lowest BCUT2D eigenvalue weighted by molar-refractivity contribution is 0.390. The zero-order valence-corrected chi connectivity index (χ0v) is 17.9. The average molecular weight is 481 g/mol. The first-order valence-electron chi connectivity index (χ1n) is 7.95. The minimum absolute atomic E-state index is 0.0523. The van der Waals surface area contributed by atoms with Gasteiger partial charge in [0.25, 0.3) is 5.56 Å². The maximum absolute atomic E-state index is 12.9. The number of fused-ring (bicyclic) bond motifs is 3. The van der Waals surface area contributed by atoms with Gasteiger partial charge in [0.1, 0.15) is 0 Å². The molecular weight excluding hydrogens is 468 g/mol. The van der Waals surface area contributed by atoms with Gasteiger partial charge in [-0.2, -0.15) is 8.42 Å². The summed E-state index contributed by atoms with van der Waals surface area (Å²) in [7, 11) is -2.31. The van der Waals surface area contributed by atoms with E-state index < -0.39 is 10.1 Å². The van der Waals surface area contributed by atoms with Crippen LogP contribution in [0.3, 0.4) is 0 Å². The van der Waals surface area contributed by atoms with E-state index in [9.17, 15) is 13.2 Å². The van der Waals surface area contributed by atoms with E-state index in [0.29, 0.717) is 19.5 Å². The fourth-order valence-corrected chi connectivity index (χ4v) is 4.93. The van der Waals surface area contributed by atoms with Crippen LogP contribution in [0.2, 0.25) is 0 Å². The monoisotopic (exact) mass is 480 g/mol. The minimum atomic E-state index is -3.72. The van der Waals surface area contributed by atoms with Gasteiger partial charge in [-0.3, -0.25) is 4.79 Å². The number of aromatic nitrogens is 2. The standard InChI is InChI=1S/C18H13BrN2O5S2/c1-25-14-8-10(7-11(19)16(14)26-28(2,23)24)9-15-17(22)21-13-6-4-3-5-12(13)20-18(21)27-15/h3-9H,1-2H3/b15-9-. The first-order chi connectivity index (χ1) is 13.3. The summed E-state index contributed by atoms with van der Waals surface area (Å²) in [4.78, 5) is 18.0. The van der Waals surface area contributed by atoms with Crippen molar-refractivity contribution < 1.29 is 17.3 Å². The fourth-order valence-electron chi connectivity index (χ4n) is 2.82. The molecule has 0 unspecified atom stereocenters. The molecule has 2 aromatic heterocycles. The van der Waals surface area contributed by atoms with E-state index in [1.807, 2.05) is 24.3 Å². The van der Waals surface area contributed by atoms with Crippen LogP contribution in [0.1, 0.15) is 5.56 Å². The Morgan fingerprint density at radius 3 is 2.71 bits per heavy atom. The number of rotatable bonds is 4. The van der Waals surface area contributed by atoms with Crippen molar-refractivity contribution in [2.45, 2.75) is 0 Å². The van der Waals surface area contributed by atoms with Gasteiger partial charge < -0.3 is 8.92 Å². The molecule has 28 heavy (non-hydrogen) atoms. The van der Waals surface area contributed by atoms with Crippen molar-refractivity contribution in [1.82, 2.24) is 9.38 Å². The number of ether oxygens (including phenoxy) is 1. The van der Waals surface area contributed by atoms with Gasteiger partial charge in [0.2, 0.25) is 0 Å². The molecule has 0 bridgehead atoms. The van der Waals surface area contributed by atoms with Gasteiger partial charge in [0.05, 0.1) is 33.4 Å². The van der Waals surface area contributed by atoms with E-state index in [0.717, 1.165) is 17.3 Å². The molecule has 0 amide bonds. The molecule has 0 aliphatic heterocycles. The zero-order chi connectivity index (χ0) is 20.1. The van der Waals surface area contributed by atoms with Crippen molar-refractivity contribution in [3.05, 3.63) is 61.3 Å². The van der Waals surface area contributed by atoms with Crippen LogP contribution in [0.5, 0.6) is 11.5 Å². The smallest absolute Gasteiger partial charge is 0.306 e. The summed E-state index contributed by atoms with van der Waals surface area (Å²) in [5, 5.41) is 0. The Balaban J connectivity index is 1.88. The zero-order valence-electron chi connectivity index (χ0n) is 14.7. The summed E-state index contributed by atoms with van der Waals surface area (Å²) in [6.45, 7) is 0. The van der Waals surface area contributed by atoms with E-state index >= 15 is 0 Å². The quantitative estimate of drug-likeness (QED) is 0.417. The molecule has 2 heterocycles. The van der Waals surface area contributed by atoms with Crippen molar-refractivity contribution in [2.24, 2.45) is 0 Å². The second-order valence-corrected chi connectivity index (χ2v) is 9.39. The lowest BCUT2D eigenvalue weighted by atomic mass is 10.2. The van der Waals surface area contributed by atoms with Gasteiger partial charge in [-0.05, 0) is 51.8 Å². The van der Waals surface area contributed by atoms with E-state index in [-0.39, 0.29) is 17.1 Å². The maximum atomic E-state index is 12.9. The summed E-state index contributed by atoms with van der Waals surface area (Å²) in [5.41, 5.74) is 2.01. The number of imidazole rings is 1. The van der Waals surface area contributed by atoms with Gasteiger partial charge in [-0.15, -0.1) is 0 Å². The molecule has 0 aliphatic carbocycles. The van der Waals surface area contributed by atoms with Gasteiger partial charge in [-0.25, -0.2) is 9.38 Å². The first-order valence-corrected chi connectivity index (χ1v) is 11.4. The van der Waals surface area contributed by atoms with Crippen LogP contribution < -0.4 is 19.0 Å². The number of hydrogen-bond donors (Lipinski definition) is 0. The summed E-state index contributed by atoms with van der Waals surface area (Å²) in [5.74, 6) is 0.279. The second kappa shape index (κ2) is 6.87. The van der Waals surface area contributed by atoms with Crippen molar-refractivity contribution in [3.8, 4) is 11.5 Å². The van der Waals surface area contributed by atoms with Crippen molar-refractivity contribution in [2.75, 3.05) is 13.4 Å². The number of thiazole rings is 1. The summed E-state index contributed by atoms with van der Waals surface area (Å²) < 4.78 is 35.6. The van der Waals surface area contributed by atoms with Gasteiger partial charge in [-0.1, -0.05) is 23.5 Å².